The number of nitrogens with zero attached hydrogens (tertiary/aromatic N) is 4. The lowest BCUT2D eigenvalue weighted by atomic mass is 9.99. The molecule has 2 aliphatic rings. The largest absolute Gasteiger partial charge is 0.497 e. The van der Waals surface area contributed by atoms with Crippen LogP contribution in [0.25, 0.3) is 0 Å². The molecule has 3 heterocycles. The predicted molar refractivity (Wildman–Crippen MR) is 126 cm³/mol. The molecule has 2 aromatic carbocycles. The molecular formula is C26H29N5O2. The lowest BCUT2D eigenvalue weighted by Crippen LogP contribution is -2.37. The first-order valence-electron chi connectivity index (χ1n) is 11.5. The van der Waals surface area contributed by atoms with E-state index in [-0.39, 0.29) is 6.03 Å². The van der Waals surface area contributed by atoms with Gasteiger partial charge in [0.2, 0.25) is 0 Å². The Hall–Kier alpha value is -3.45. The summed E-state index contributed by atoms with van der Waals surface area (Å²) in [7, 11) is 1.69. The molecule has 0 saturated carbocycles. The molecule has 0 bridgehead atoms. The molecule has 0 atom stereocenters. The Labute approximate surface area is 194 Å². The Balaban J connectivity index is 1.21. The molecule has 7 heteroatoms. The van der Waals surface area contributed by atoms with Crippen LogP contribution in [0.15, 0.2) is 54.6 Å². The molecule has 3 aromatic rings. The van der Waals surface area contributed by atoms with Crippen LogP contribution in [0.4, 0.5) is 4.79 Å². The number of aromatic nitrogens is 2. The summed E-state index contributed by atoms with van der Waals surface area (Å²) < 4.78 is 5.27. The molecule has 0 aliphatic carbocycles. The summed E-state index contributed by atoms with van der Waals surface area (Å²) in [6, 6.07) is 18.4. The molecule has 0 radical (unpaired) electrons. The number of amides is 2. The van der Waals surface area contributed by atoms with Crippen LogP contribution in [0.3, 0.4) is 0 Å². The summed E-state index contributed by atoms with van der Waals surface area (Å²) in [5.41, 5.74) is 6.91. The van der Waals surface area contributed by atoms with Gasteiger partial charge in [-0.2, -0.15) is 10.2 Å². The van der Waals surface area contributed by atoms with Crippen molar-refractivity contribution in [2.75, 3.05) is 20.2 Å². The molecule has 5 rings (SSSR count). The van der Waals surface area contributed by atoms with Crippen molar-refractivity contribution in [3.63, 3.8) is 0 Å². The summed E-state index contributed by atoms with van der Waals surface area (Å²) in [5, 5.41) is 12.0. The van der Waals surface area contributed by atoms with Crippen molar-refractivity contribution >= 4 is 6.03 Å². The van der Waals surface area contributed by atoms with E-state index >= 15 is 0 Å². The van der Waals surface area contributed by atoms with Gasteiger partial charge in [0.1, 0.15) is 5.75 Å². The first kappa shape index (κ1) is 21.4. The number of methoxy groups -OCH3 is 1. The number of nitrogens with one attached hydrogen (secondary N) is 1. The molecule has 7 nitrogen and oxygen atoms in total. The third kappa shape index (κ3) is 4.83. The SMILES string of the molecule is COc1ccc(CN2CCc3nnc4c(c3C2)CN(C(=O)NCCc2ccccc2)C4)cc1. The van der Waals surface area contributed by atoms with Crippen molar-refractivity contribution in [1.82, 2.24) is 25.3 Å². The van der Waals surface area contributed by atoms with E-state index < -0.39 is 0 Å². The lowest BCUT2D eigenvalue weighted by Gasteiger charge is -2.29. The van der Waals surface area contributed by atoms with E-state index in [0.717, 1.165) is 49.6 Å². The maximum Gasteiger partial charge on any atom is 0.318 e. The summed E-state index contributed by atoms with van der Waals surface area (Å²) in [4.78, 5) is 17.1. The van der Waals surface area contributed by atoms with Gasteiger partial charge < -0.3 is 15.0 Å². The van der Waals surface area contributed by atoms with Gasteiger partial charge in [-0.3, -0.25) is 4.90 Å². The zero-order valence-electron chi connectivity index (χ0n) is 19.0. The molecule has 0 fully saturated rings. The number of fused-ring (bicyclic) bond motifs is 3. The summed E-state index contributed by atoms with van der Waals surface area (Å²) in [6.45, 7) is 4.41. The zero-order chi connectivity index (χ0) is 22.6. The van der Waals surface area contributed by atoms with E-state index in [2.05, 4.69) is 44.7 Å². The second-order valence-electron chi connectivity index (χ2n) is 8.68. The highest BCUT2D eigenvalue weighted by molar-refractivity contribution is 5.75. The summed E-state index contributed by atoms with van der Waals surface area (Å²) >= 11 is 0. The molecule has 33 heavy (non-hydrogen) atoms. The van der Waals surface area contributed by atoms with Crippen LogP contribution in [-0.4, -0.2) is 46.2 Å². The van der Waals surface area contributed by atoms with Crippen LogP contribution < -0.4 is 10.1 Å². The maximum absolute atomic E-state index is 12.8. The van der Waals surface area contributed by atoms with Crippen molar-refractivity contribution in [2.24, 2.45) is 0 Å². The fraction of sp³-hybridized carbons (Fsp3) is 0.346. The molecular weight excluding hydrogens is 414 g/mol. The molecule has 0 unspecified atom stereocenters. The van der Waals surface area contributed by atoms with E-state index in [1.807, 2.05) is 35.2 Å². The normalized spacial score (nSPS) is 15.1. The summed E-state index contributed by atoms with van der Waals surface area (Å²) in [5.74, 6) is 0.873. The Morgan fingerprint density at radius 2 is 1.70 bits per heavy atom. The Kier molecular flexibility index (Phi) is 6.21. The Morgan fingerprint density at radius 1 is 0.939 bits per heavy atom. The van der Waals surface area contributed by atoms with Crippen LogP contribution in [0.1, 0.15) is 33.6 Å². The number of hydrogen-bond acceptors (Lipinski definition) is 5. The first-order valence-corrected chi connectivity index (χ1v) is 11.5. The van der Waals surface area contributed by atoms with E-state index in [9.17, 15) is 4.79 Å². The smallest absolute Gasteiger partial charge is 0.318 e. The van der Waals surface area contributed by atoms with Crippen molar-refractivity contribution in [1.29, 1.82) is 0 Å². The third-order valence-electron chi connectivity index (χ3n) is 6.47. The predicted octanol–water partition coefficient (Wildman–Crippen LogP) is 3.31. The van der Waals surface area contributed by atoms with Crippen molar-refractivity contribution in [3.05, 3.63) is 88.2 Å². The number of carbonyl (C=O) groups is 1. The number of ether oxygens (including phenoxy) is 1. The second kappa shape index (κ2) is 9.58. The molecule has 1 aromatic heterocycles. The van der Waals surface area contributed by atoms with Gasteiger partial charge in [-0.05, 0) is 35.2 Å². The quantitative estimate of drug-likeness (QED) is 0.633. The van der Waals surface area contributed by atoms with E-state index in [0.29, 0.717) is 19.6 Å². The zero-order valence-corrected chi connectivity index (χ0v) is 19.0. The minimum Gasteiger partial charge on any atom is -0.497 e. The number of rotatable bonds is 6. The fourth-order valence-corrected chi connectivity index (χ4v) is 4.62. The maximum atomic E-state index is 12.8. The van der Waals surface area contributed by atoms with Gasteiger partial charge in [-0.25, -0.2) is 4.79 Å². The van der Waals surface area contributed by atoms with Gasteiger partial charge in [0.25, 0.3) is 0 Å². The van der Waals surface area contributed by atoms with Crippen molar-refractivity contribution in [2.45, 2.75) is 39.0 Å². The second-order valence-corrected chi connectivity index (χ2v) is 8.68. The lowest BCUT2D eigenvalue weighted by molar-refractivity contribution is 0.198. The summed E-state index contributed by atoms with van der Waals surface area (Å²) in [6.07, 6.45) is 1.71. The molecule has 0 spiro atoms. The molecule has 2 amide bonds. The van der Waals surface area contributed by atoms with Crippen LogP contribution in [-0.2, 0) is 39.0 Å². The van der Waals surface area contributed by atoms with E-state index in [4.69, 9.17) is 4.74 Å². The monoisotopic (exact) mass is 443 g/mol. The third-order valence-corrected chi connectivity index (χ3v) is 6.47. The molecule has 1 N–H and O–H groups in total. The number of hydrogen-bond donors (Lipinski definition) is 1. The highest BCUT2D eigenvalue weighted by Gasteiger charge is 2.31. The fourth-order valence-electron chi connectivity index (χ4n) is 4.62. The van der Waals surface area contributed by atoms with Gasteiger partial charge in [0, 0.05) is 38.2 Å². The van der Waals surface area contributed by atoms with Crippen molar-refractivity contribution in [3.8, 4) is 5.75 Å². The first-order chi connectivity index (χ1) is 16.2. The van der Waals surface area contributed by atoms with Gasteiger partial charge in [-0.15, -0.1) is 0 Å². The van der Waals surface area contributed by atoms with Gasteiger partial charge in [0.15, 0.2) is 0 Å². The number of benzene rings is 2. The van der Waals surface area contributed by atoms with Crippen LogP contribution in [0, 0.1) is 0 Å². The van der Waals surface area contributed by atoms with Gasteiger partial charge in [0.05, 0.1) is 31.6 Å². The Bertz CT molecular complexity index is 1120. The number of urea groups is 1. The highest BCUT2D eigenvalue weighted by atomic mass is 16.5. The van der Waals surface area contributed by atoms with Crippen molar-refractivity contribution < 1.29 is 9.53 Å². The molecule has 2 aliphatic heterocycles. The van der Waals surface area contributed by atoms with E-state index in [1.54, 1.807) is 7.11 Å². The van der Waals surface area contributed by atoms with Crippen LogP contribution >= 0.6 is 0 Å². The average Bonchev–Trinajstić information content (AvgIpc) is 3.30. The minimum absolute atomic E-state index is 0.0384. The minimum atomic E-state index is -0.0384. The standard InChI is InChI=1S/C26H29N5O2/c1-33-21-9-7-20(8-10-21)15-30-14-12-24-22(16-30)23-17-31(18-25(23)29-28-24)26(32)27-13-11-19-5-3-2-4-6-19/h2-10H,11-18H2,1H3,(H,27,32). The Morgan fingerprint density at radius 3 is 2.48 bits per heavy atom. The highest BCUT2D eigenvalue weighted by Crippen LogP contribution is 2.29. The van der Waals surface area contributed by atoms with Gasteiger partial charge in [-0.1, -0.05) is 42.5 Å². The topological polar surface area (TPSA) is 70.6 Å². The van der Waals surface area contributed by atoms with Crippen LogP contribution in [0.5, 0.6) is 5.75 Å². The van der Waals surface area contributed by atoms with Crippen LogP contribution in [0.2, 0.25) is 0 Å². The number of carbonyl (C=O) groups excluding carboxylic acids is 1. The van der Waals surface area contributed by atoms with E-state index in [1.165, 1.54) is 22.3 Å². The average molecular weight is 444 g/mol. The van der Waals surface area contributed by atoms with Gasteiger partial charge >= 0.3 is 6.03 Å². The molecule has 170 valence electrons. The molecule has 0 saturated heterocycles.